The summed E-state index contributed by atoms with van der Waals surface area (Å²) < 4.78 is 27.9. The summed E-state index contributed by atoms with van der Waals surface area (Å²) in [6.45, 7) is 17.0. The van der Waals surface area contributed by atoms with Crippen LogP contribution in [-0.2, 0) is 10.8 Å². The topological polar surface area (TPSA) is 0 Å². The maximum atomic E-state index is 14.1. The van der Waals surface area contributed by atoms with Crippen LogP contribution in [0.1, 0.15) is 116 Å². The molecule has 3 saturated carbocycles. The first kappa shape index (κ1) is 30.5. The van der Waals surface area contributed by atoms with Gasteiger partial charge in [-0.15, -0.1) is 0 Å². The molecular weight excluding hydrogens is 530 g/mol. The van der Waals surface area contributed by atoms with E-state index in [-0.39, 0.29) is 38.7 Å². The van der Waals surface area contributed by atoms with Crippen LogP contribution in [0.3, 0.4) is 0 Å². The van der Waals surface area contributed by atoms with Gasteiger partial charge in [-0.2, -0.15) is 0 Å². The van der Waals surface area contributed by atoms with E-state index >= 15 is 0 Å². The average molecular weight is 583 g/mol. The van der Waals surface area contributed by atoms with Crippen molar-refractivity contribution >= 4 is 0 Å². The first-order valence-electron chi connectivity index (χ1n) is 16.8. The zero-order valence-corrected chi connectivity index (χ0v) is 27.5. The summed E-state index contributed by atoms with van der Waals surface area (Å²) in [6, 6.07) is 26.0. The maximum absolute atomic E-state index is 14.1. The van der Waals surface area contributed by atoms with Crippen LogP contribution in [0, 0.1) is 45.6 Å². The average Bonchev–Trinajstić information content (AvgIpc) is 3.84. The van der Waals surface area contributed by atoms with Crippen LogP contribution < -0.4 is 0 Å². The third-order valence-electron chi connectivity index (χ3n) is 12.5. The number of hydrogen-bond acceptors (Lipinski definition) is 0. The molecule has 43 heavy (non-hydrogen) atoms. The van der Waals surface area contributed by atoms with E-state index in [9.17, 15) is 8.78 Å². The van der Waals surface area contributed by atoms with Gasteiger partial charge in [-0.25, -0.2) is 8.78 Å². The highest BCUT2D eigenvalue weighted by molar-refractivity contribution is 5.40. The maximum Gasteiger partial charge on any atom is 0.123 e. The molecule has 0 spiro atoms. The van der Waals surface area contributed by atoms with Crippen molar-refractivity contribution in [2.24, 2.45) is 34.0 Å². The minimum atomic E-state index is -0.158. The zero-order chi connectivity index (χ0) is 30.8. The van der Waals surface area contributed by atoms with Gasteiger partial charge in [0.2, 0.25) is 0 Å². The van der Waals surface area contributed by atoms with Crippen LogP contribution in [-0.4, -0.2) is 0 Å². The van der Waals surface area contributed by atoms with Crippen molar-refractivity contribution < 1.29 is 8.78 Å². The Morgan fingerprint density at radius 2 is 1.23 bits per heavy atom. The number of benzene rings is 3. The fourth-order valence-electron chi connectivity index (χ4n) is 10.2. The lowest BCUT2D eigenvalue weighted by atomic mass is 9.55. The third kappa shape index (κ3) is 5.40. The summed E-state index contributed by atoms with van der Waals surface area (Å²) in [6.07, 6.45) is 8.60. The Hall–Kier alpha value is -2.48. The predicted molar refractivity (Wildman–Crippen MR) is 175 cm³/mol. The smallest absolute Gasteiger partial charge is 0.123 e. The zero-order valence-electron chi connectivity index (χ0n) is 27.5. The Labute approximate surface area is 259 Å². The van der Waals surface area contributed by atoms with Gasteiger partial charge in [0.1, 0.15) is 11.6 Å². The molecule has 0 aromatic heterocycles. The highest BCUT2D eigenvalue weighted by Gasteiger charge is 2.66. The monoisotopic (exact) mass is 582 g/mol. The summed E-state index contributed by atoms with van der Waals surface area (Å²) >= 11 is 0. The summed E-state index contributed by atoms with van der Waals surface area (Å²) in [5.41, 5.74) is 4.90. The Morgan fingerprint density at radius 3 is 1.77 bits per heavy atom. The number of hydrogen-bond donors (Lipinski definition) is 0. The van der Waals surface area contributed by atoms with Gasteiger partial charge in [0.05, 0.1) is 0 Å². The Kier molecular flexibility index (Phi) is 7.50. The second-order valence-electron chi connectivity index (χ2n) is 17.0. The van der Waals surface area contributed by atoms with Gasteiger partial charge in [0, 0.05) is 10.8 Å². The van der Waals surface area contributed by atoms with Crippen molar-refractivity contribution in [3.8, 4) is 0 Å². The van der Waals surface area contributed by atoms with E-state index in [1.54, 1.807) is 24.3 Å². The molecule has 3 atom stereocenters. The van der Waals surface area contributed by atoms with E-state index in [1.807, 2.05) is 12.1 Å². The van der Waals surface area contributed by atoms with Gasteiger partial charge >= 0.3 is 0 Å². The molecule has 3 aromatic rings. The minimum Gasteiger partial charge on any atom is -0.207 e. The summed E-state index contributed by atoms with van der Waals surface area (Å²) in [7, 11) is 0. The van der Waals surface area contributed by atoms with Crippen molar-refractivity contribution in [2.45, 2.75) is 110 Å². The molecule has 6 rings (SSSR count). The summed E-state index contributed by atoms with van der Waals surface area (Å²) in [5, 5.41) is 0. The molecule has 3 unspecified atom stereocenters. The predicted octanol–water partition coefficient (Wildman–Crippen LogP) is 11.6. The number of rotatable bonds is 10. The first-order chi connectivity index (χ1) is 20.2. The Balaban J connectivity index is 1.21. The summed E-state index contributed by atoms with van der Waals surface area (Å²) in [5.74, 6) is 2.04. The second-order valence-corrected chi connectivity index (χ2v) is 17.0. The normalized spacial score (nSPS) is 27.3. The molecule has 0 aliphatic heterocycles. The van der Waals surface area contributed by atoms with Crippen LogP contribution in [0.5, 0.6) is 0 Å². The van der Waals surface area contributed by atoms with Crippen molar-refractivity contribution in [3.63, 3.8) is 0 Å². The molecule has 3 aliphatic rings. The fraction of sp³-hybridized carbons (Fsp3) is 0.561. The van der Waals surface area contributed by atoms with E-state index in [1.165, 1.54) is 61.6 Å². The van der Waals surface area contributed by atoms with E-state index in [0.717, 1.165) is 0 Å². The summed E-state index contributed by atoms with van der Waals surface area (Å²) in [4.78, 5) is 0. The van der Waals surface area contributed by atoms with Crippen molar-refractivity contribution in [2.75, 3.05) is 0 Å². The van der Waals surface area contributed by atoms with Crippen LogP contribution in [0.25, 0.3) is 0 Å². The molecular formula is C41H52F2. The van der Waals surface area contributed by atoms with Gasteiger partial charge in [-0.1, -0.05) is 103 Å². The van der Waals surface area contributed by atoms with Gasteiger partial charge in [-0.3, -0.25) is 0 Å². The third-order valence-corrected chi connectivity index (χ3v) is 12.5. The molecule has 0 nitrogen and oxygen atoms in total. The minimum absolute atomic E-state index is 0.0796. The highest BCUT2D eigenvalue weighted by Crippen LogP contribution is 2.72. The molecule has 3 aromatic carbocycles. The van der Waals surface area contributed by atoms with E-state index < -0.39 is 0 Å². The molecule has 230 valence electrons. The van der Waals surface area contributed by atoms with Gasteiger partial charge in [-0.05, 0) is 126 Å². The molecule has 0 radical (unpaired) electrons. The van der Waals surface area contributed by atoms with Gasteiger partial charge in [0.25, 0.3) is 0 Å². The first-order valence-corrected chi connectivity index (χ1v) is 16.8. The lowest BCUT2D eigenvalue weighted by Gasteiger charge is -2.50. The van der Waals surface area contributed by atoms with E-state index in [0.29, 0.717) is 23.7 Å². The molecule has 3 fully saturated rings. The largest absolute Gasteiger partial charge is 0.207 e. The quantitative estimate of drug-likeness (QED) is 0.223. The van der Waals surface area contributed by atoms with Crippen molar-refractivity contribution in [1.82, 2.24) is 0 Å². The van der Waals surface area contributed by atoms with E-state index in [4.69, 9.17) is 0 Å². The Bertz CT molecular complexity index is 1400. The molecule has 0 N–H and O–H groups in total. The lowest BCUT2D eigenvalue weighted by molar-refractivity contribution is 0.0541. The van der Waals surface area contributed by atoms with Crippen LogP contribution in [0.2, 0.25) is 0 Å². The van der Waals surface area contributed by atoms with Crippen LogP contribution >= 0.6 is 0 Å². The molecule has 0 bridgehead atoms. The van der Waals surface area contributed by atoms with Gasteiger partial charge < -0.3 is 0 Å². The molecule has 2 heteroatoms. The van der Waals surface area contributed by atoms with Gasteiger partial charge in [0.15, 0.2) is 0 Å². The lowest BCUT2D eigenvalue weighted by Crippen LogP contribution is -2.41. The molecule has 0 amide bonds. The second kappa shape index (κ2) is 10.6. The van der Waals surface area contributed by atoms with Crippen LogP contribution in [0.4, 0.5) is 8.78 Å². The number of halogens is 2. The van der Waals surface area contributed by atoms with E-state index in [2.05, 4.69) is 90.9 Å². The molecule has 0 saturated heterocycles. The molecule has 3 aliphatic carbocycles. The molecule has 0 heterocycles. The van der Waals surface area contributed by atoms with Crippen molar-refractivity contribution in [1.29, 1.82) is 0 Å². The highest BCUT2D eigenvalue weighted by atomic mass is 19.1. The van der Waals surface area contributed by atoms with Crippen LogP contribution in [0.15, 0.2) is 78.9 Å². The SMILES string of the molecule is CC(C)(C)C(c1ccc(F)cc1)C1CC(CC(C)(C)C2(c3ccc(F)cc3)CC2CC(C)(C)C2(c3ccccc3)CC2)C1. The Morgan fingerprint density at radius 1 is 0.674 bits per heavy atom. The fourth-order valence-corrected chi connectivity index (χ4v) is 10.2. The van der Waals surface area contributed by atoms with Crippen molar-refractivity contribution in [3.05, 3.63) is 107 Å². The standard InChI is InChI=1S/C41H52F2/c1-37(2,3)36(29-13-17-34(42)18-14-29)30-23-28(24-30)25-39(6,7)41(32-15-19-35(43)20-16-32)27-33(41)26-38(4,5)40(21-22-40)31-11-9-8-10-12-31/h8-20,28,30,33,36H,21-27H2,1-7H3.